The lowest BCUT2D eigenvalue weighted by Gasteiger charge is -2.12. The molecule has 1 atom stereocenters. The molecule has 0 aliphatic heterocycles. The Morgan fingerprint density at radius 3 is 2.38 bits per heavy atom. The summed E-state index contributed by atoms with van der Waals surface area (Å²) in [5.41, 5.74) is -0.195. The summed E-state index contributed by atoms with van der Waals surface area (Å²) in [6.07, 6.45) is 0. The number of ketones is 1. The molecule has 21 heavy (non-hydrogen) atoms. The fourth-order valence-electron chi connectivity index (χ4n) is 1.86. The Bertz CT molecular complexity index is 736. The van der Waals surface area contributed by atoms with E-state index in [4.69, 9.17) is 23.2 Å². The van der Waals surface area contributed by atoms with Crippen LogP contribution in [0.4, 0.5) is 8.78 Å². The first-order valence-corrected chi connectivity index (χ1v) is 6.54. The van der Waals surface area contributed by atoms with Crippen molar-refractivity contribution in [1.82, 2.24) is 0 Å². The van der Waals surface area contributed by atoms with Crippen molar-refractivity contribution in [3.8, 4) is 6.07 Å². The second-order valence-electron chi connectivity index (χ2n) is 4.19. The van der Waals surface area contributed by atoms with Crippen molar-refractivity contribution in [2.75, 3.05) is 0 Å². The molecular weight excluding hydrogens is 319 g/mol. The summed E-state index contributed by atoms with van der Waals surface area (Å²) in [5, 5.41) is 8.90. The molecule has 1 unspecified atom stereocenters. The van der Waals surface area contributed by atoms with Gasteiger partial charge >= 0.3 is 0 Å². The molecule has 6 heteroatoms. The SMILES string of the molecule is N#CC(C(=O)c1ccc(F)c(Cl)c1)c1c(F)cccc1Cl. The van der Waals surface area contributed by atoms with Gasteiger partial charge in [0.05, 0.1) is 11.1 Å². The van der Waals surface area contributed by atoms with E-state index in [0.29, 0.717) is 0 Å². The summed E-state index contributed by atoms with van der Waals surface area (Å²) >= 11 is 11.5. The van der Waals surface area contributed by atoms with Gasteiger partial charge < -0.3 is 0 Å². The third-order valence-electron chi connectivity index (χ3n) is 2.88. The summed E-state index contributed by atoms with van der Waals surface area (Å²) in [6.45, 7) is 0. The van der Waals surface area contributed by atoms with E-state index in [-0.39, 0.29) is 21.2 Å². The molecule has 0 heterocycles. The van der Waals surface area contributed by atoms with Crippen LogP contribution in [0.1, 0.15) is 21.8 Å². The van der Waals surface area contributed by atoms with Crippen LogP contribution in [0.5, 0.6) is 0 Å². The zero-order valence-corrected chi connectivity index (χ0v) is 11.9. The minimum Gasteiger partial charge on any atom is -0.292 e. The molecule has 2 nitrogen and oxygen atoms in total. The van der Waals surface area contributed by atoms with Crippen LogP contribution >= 0.6 is 23.2 Å². The van der Waals surface area contributed by atoms with Crippen molar-refractivity contribution in [3.63, 3.8) is 0 Å². The molecule has 2 aromatic rings. The molecule has 0 fully saturated rings. The van der Waals surface area contributed by atoms with E-state index in [9.17, 15) is 18.8 Å². The standard InChI is InChI=1S/C15H7Cl2F2NO/c16-10-2-1-3-13(19)14(10)9(7-20)15(21)8-4-5-12(18)11(17)6-8/h1-6,9H. The van der Waals surface area contributed by atoms with Gasteiger partial charge in [0.25, 0.3) is 0 Å². The number of benzene rings is 2. The number of hydrogen-bond acceptors (Lipinski definition) is 2. The molecule has 0 radical (unpaired) electrons. The van der Waals surface area contributed by atoms with Crippen LogP contribution in [0.15, 0.2) is 36.4 Å². The minimum atomic E-state index is -1.43. The van der Waals surface area contributed by atoms with Gasteiger partial charge in [-0.3, -0.25) is 4.79 Å². The number of nitriles is 1. The van der Waals surface area contributed by atoms with E-state index in [1.165, 1.54) is 18.2 Å². The molecule has 106 valence electrons. The first-order valence-electron chi connectivity index (χ1n) is 5.78. The van der Waals surface area contributed by atoms with Crippen LogP contribution in [-0.2, 0) is 0 Å². The van der Waals surface area contributed by atoms with Crippen molar-refractivity contribution >= 4 is 29.0 Å². The Hall–Kier alpha value is -1.96. The van der Waals surface area contributed by atoms with Crippen molar-refractivity contribution < 1.29 is 13.6 Å². The zero-order chi connectivity index (χ0) is 15.6. The van der Waals surface area contributed by atoms with Gasteiger partial charge in [0.2, 0.25) is 0 Å². The van der Waals surface area contributed by atoms with Gasteiger partial charge in [-0.2, -0.15) is 5.26 Å². The number of rotatable bonds is 3. The Kier molecular flexibility index (Phi) is 4.56. The van der Waals surface area contributed by atoms with Gasteiger partial charge in [-0.15, -0.1) is 0 Å². The molecule has 2 rings (SSSR count). The van der Waals surface area contributed by atoms with Crippen LogP contribution in [0.25, 0.3) is 0 Å². The Morgan fingerprint density at radius 1 is 1.10 bits per heavy atom. The van der Waals surface area contributed by atoms with E-state index in [0.717, 1.165) is 18.2 Å². The number of Topliss-reactive ketones (excluding diaryl/α,β-unsaturated/α-hetero) is 1. The average Bonchev–Trinajstić information content (AvgIpc) is 2.45. The molecule has 0 aliphatic rings. The van der Waals surface area contributed by atoms with Crippen molar-refractivity contribution in [2.45, 2.75) is 5.92 Å². The predicted molar refractivity (Wildman–Crippen MR) is 75.5 cm³/mol. The number of carbonyl (C=O) groups is 1. The van der Waals surface area contributed by atoms with E-state index in [1.54, 1.807) is 6.07 Å². The fourth-order valence-corrected chi connectivity index (χ4v) is 2.31. The molecule has 0 saturated heterocycles. The van der Waals surface area contributed by atoms with Gasteiger partial charge in [0.15, 0.2) is 5.78 Å². The van der Waals surface area contributed by atoms with Crippen LogP contribution < -0.4 is 0 Å². The van der Waals surface area contributed by atoms with E-state index in [2.05, 4.69) is 0 Å². The highest BCUT2D eigenvalue weighted by Crippen LogP contribution is 2.30. The average molecular weight is 326 g/mol. The van der Waals surface area contributed by atoms with Gasteiger partial charge in [0, 0.05) is 16.1 Å². The van der Waals surface area contributed by atoms with Crippen molar-refractivity contribution in [2.24, 2.45) is 0 Å². The first kappa shape index (κ1) is 15.4. The Labute approximate surface area is 129 Å². The number of halogens is 4. The quantitative estimate of drug-likeness (QED) is 0.763. The van der Waals surface area contributed by atoms with Crippen molar-refractivity contribution in [3.05, 3.63) is 69.2 Å². The smallest absolute Gasteiger partial charge is 0.184 e. The number of carbonyl (C=O) groups excluding carboxylic acids is 1. The summed E-state index contributed by atoms with van der Waals surface area (Å²) in [5.74, 6) is -3.58. The maximum atomic E-state index is 13.8. The van der Waals surface area contributed by atoms with Gasteiger partial charge in [-0.25, -0.2) is 8.78 Å². The highest BCUT2D eigenvalue weighted by molar-refractivity contribution is 6.32. The number of hydrogen-bond donors (Lipinski definition) is 0. The summed E-state index contributed by atoms with van der Waals surface area (Å²) in [7, 11) is 0. The molecule has 0 N–H and O–H groups in total. The third kappa shape index (κ3) is 3.05. The normalized spacial score (nSPS) is 11.8. The molecule has 2 aromatic carbocycles. The molecule has 0 bridgehead atoms. The predicted octanol–water partition coefficient (Wildman–Crippen LogP) is 4.76. The van der Waals surface area contributed by atoms with Crippen molar-refractivity contribution in [1.29, 1.82) is 5.26 Å². The lowest BCUT2D eigenvalue weighted by molar-refractivity contribution is 0.0977. The lowest BCUT2D eigenvalue weighted by Crippen LogP contribution is -2.13. The van der Waals surface area contributed by atoms with Crippen LogP contribution in [-0.4, -0.2) is 5.78 Å². The highest BCUT2D eigenvalue weighted by atomic mass is 35.5. The molecular formula is C15H7Cl2F2NO. The monoisotopic (exact) mass is 325 g/mol. The van der Waals surface area contributed by atoms with Crippen LogP contribution in [0.3, 0.4) is 0 Å². The largest absolute Gasteiger partial charge is 0.292 e. The zero-order valence-electron chi connectivity index (χ0n) is 10.4. The molecule has 0 amide bonds. The number of nitrogens with zero attached hydrogens (tertiary/aromatic N) is 1. The Balaban J connectivity index is 2.49. The van der Waals surface area contributed by atoms with E-state index in [1.807, 2.05) is 0 Å². The maximum absolute atomic E-state index is 13.8. The Morgan fingerprint density at radius 2 is 1.81 bits per heavy atom. The molecule has 0 saturated carbocycles. The fraction of sp³-hybridized carbons (Fsp3) is 0.0667. The van der Waals surface area contributed by atoms with E-state index >= 15 is 0 Å². The topological polar surface area (TPSA) is 40.9 Å². The molecule has 0 spiro atoms. The van der Waals surface area contributed by atoms with Gasteiger partial charge in [0.1, 0.15) is 17.6 Å². The maximum Gasteiger partial charge on any atom is 0.184 e. The third-order valence-corrected chi connectivity index (χ3v) is 3.50. The molecule has 0 aromatic heterocycles. The van der Waals surface area contributed by atoms with Gasteiger partial charge in [-0.05, 0) is 30.3 Å². The summed E-state index contributed by atoms with van der Waals surface area (Å²) in [4.78, 5) is 12.3. The van der Waals surface area contributed by atoms with Crippen LogP contribution in [0.2, 0.25) is 10.0 Å². The first-order chi connectivity index (χ1) is 9.95. The summed E-state index contributed by atoms with van der Waals surface area (Å²) in [6, 6.07) is 8.87. The van der Waals surface area contributed by atoms with E-state index < -0.39 is 23.3 Å². The minimum absolute atomic E-state index is 0.00673. The molecule has 0 aliphatic carbocycles. The second-order valence-corrected chi connectivity index (χ2v) is 5.00. The highest BCUT2D eigenvalue weighted by Gasteiger charge is 2.27. The van der Waals surface area contributed by atoms with Gasteiger partial charge in [-0.1, -0.05) is 29.3 Å². The summed E-state index contributed by atoms with van der Waals surface area (Å²) < 4.78 is 26.9. The lowest BCUT2D eigenvalue weighted by atomic mass is 9.91. The second kappa shape index (κ2) is 6.21. The van der Waals surface area contributed by atoms with Crippen LogP contribution in [0, 0.1) is 23.0 Å².